The van der Waals surface area contributed by atoms with Crippen LogP contribution in [0.4, 0.5) is 0 Å². The molecule has 0 radical (unpaired) electrons. The van der Waals surface area contributed by atoms with Crippen LogP contribution in [0, 0.1) is 0 Å². The Bertz CT molecular complexity index is 496. The zero-order chi connectivity index (χ0) is 12.3. The van der Waals surface area contributed by atoms with Gasteiger partial charge in [0.05, 0.1) is 0 Å². The molecule has 0 bridgehead atoms. The first-order valence-corrected chi connectivity index (χ1v) is 4.98. The van der Waals surface area contributed by atoms with E-state index in [1.807, 2.05) is 0 Å². The fourth-order valence-electron chi connectivity index (χ4n) is 1.39. The molecule has 6 heteroatoms. The number of aliphatic hydroxyl groups is 2. The van der Waals surface area contributed by atoms with Crippen molar-refractivity contribution < 1.29 is 19.5 Å². The molecule has 2 rings (SSSR count). The van der Waals surface area contributed by atoms with Gasteiger partial charge >= 0.3 is 0 Å². The van der Waals surface area contributed by atoms with Crippen LogP contribution in [0.2, 0.25) is 0 Å². The van der Waals surface area contributed by atoms with Crippen LogP contribution >= 0.6 is 0 Å². The Balaban J connectivity index is 2.28. The van der Waals surface area contributed by atoms with Crippen molar-refractivity contribution in [2.45, 2.75) is 12.9 Å². The molecule has 2 N–H and O–H groups in total. The van der Waals surface area contributed by atoms with Gasteiger partial charge in [0.25, 0.3) is 5.89 Å². The second-order valence-electron chi connectivity index (χ2n) is 3.44. The molecule has 0 atom stereocenters. The lowest BCUT2D eigenvalue weighted by molar-refractivity contribution is -0.0424. The fraction of sp³-hybridized carbons (Fsp3) is 0.273. The molecule has 0 saturated carbocycles. The maximum absolute atomic E-state index is 9.06. The van der Waals surface area contributed by atoms with E-state index < -0.39 is 6.29 Å². The number of hydrogen-bond acceptors (Lipinski definition) is 6. The summed E-state index contributed by atoms with van der Waals surface area (Å²) >= 11 is 0. The fourth-order valence-corrected chi connectivity index (χ4v) is 1.39. The van der Waals surface area contributed by atoms with Gasteiger partial charge in [-0.3, -0.25) is 0 Å². The van der Waals surface area contributed by atoms with Crippen molar-refractivity contribution in [3.63, 3.8) is 0 Å². The smallest absolute Gasteiger partial charge is 0.252 e. The molecule has 0 amide bonds. The Labute approximate surface area is 97.5 Å². The normalized spacial score (nSPS) is 11.1. The molecule has 1 aromatic heterocycles. The van der Waals surface area contributed by atoms with E-state index in [1.54, 1.807) is 24.3 Å². The predicted molar refractivity (Wildman–Crippen MR) is 57.6 cm³/mol. The Kier molecular flexibility index (Phi) is 3.48. The first-order valence-electron chi connectivity index (χ1n) is 4.98. The number of nitrogens with zero attached hydrogens (tertiary/aromatic N) is 2. The molecule has 90 valence electrons. The molecule has 0 aliphatic carbocycles. The van der Waals surface area contributed by atoms with Crippen LogP contribution in [-0.2, 0) is 11.3 Å². The average molecular weight is 236 g/mol. The molecular formula is C11H12N2O4. The van der Waals surface area contributed by atoms with Crippen molar-refractivity contribution in [2.24, 2.45) is 0 Å². The standard InChI is InChI=1S/C11H12N2O4/c1-16-6-9-12-10(13-17-9)7-3-2-4-8(5-7)11(14)15/h2-5,11,14-15H,6H2,1H3. The number of ether oxygens (including phenoxy) is 1. The van der Waals surface area contributed by atoms with E-state index in [4.69, 9.17) is 19.5 Å². The molecular weight excluding hydrogens is 224 g/mol. The number of aliphatic hydroxyl groups excluding tert-OH is 1. The van der Waals surface area contributed by atoms with Gasteiger partial charge in [-0.2, -0.15) is 4.98 Å². The maximum atomic E-state index is 9.06. The molecule has 0 saturated heterocycles. The van der Waals surface area contributed by atoms with Gasteiger partial charge in [-0.1, -0.05) is 23.4 Å². The number of benzene rings is 1. The van der Waals surface area contributed by atoms with E-state index in [-0.39, 0.29) is 6.61 Å². The second-order valence-corrected chi connectivity index (χ2v) is 3.44. The van der Waals surface area contributed by atoms with Crippen molar-refractivity contribution >= 4 is 0 Å². The topological polar surface area (TPSA) is 88.6 Å². The third kappa shape index (κ3) is 2.68. The Morgan fingerprint density at radius 1 is 1.41 bits per heavy atom. The zero-order valence-corrected chi connectivity index (χ0v) is 9.20. The molecule has 1 aromatic carbocycles. The summed E-state index contributed by atoms with van der Waals surface area (Å²) in [5, 5.41) is 21.9. The van der Waals surface area contributed by atoms with Crippen LogP contribution in [0.15, 0.2) is 28.8 Å². The minimum atomic E-state index is -1.51. The van der Waals surface area contributed by atoms with E-state index in [0.29, 0.717) is 22.8 Å². The molecule has 0 spiro atoms. The number of methoxy groups -OCH3 is 1. The zero-order valence-electron chi connectivity index (χ0n) is 9.20. The highest BCUT2D eigenvalue weighted by molar-refractivity contribution is 5.55. The Morgan fingerprint density at radius 3 is 2.94 bits per heavy atom. The Hall–Kier alpha value is -1.76. The van der Waals surface area contributed by atoms with E-state index in [0.717, 1.165) is 0 Å². The third-order valence-corrected chi connectivity index (χ3v) is 2.18. The second kappa shape index (κ2) is 5.05. The summed E-state index contributed by atoms with van der Waals surface area (Å²) in [7, 11) is 1.53. The molecule has 0 aliphatic heterocycles. The lowest BCUT2D eigenvalue weighted by Crippen LogP contribution is -1.95. The van der Waals surface area contributed by atoms with Crippen LogP contribution in [-0.4, -0.2) is 27.5 Å². The van der Waals surface area contributed by atoms with Gasteiger partial charge in [0, 0.05) is 18.2 Å². The van der Waals surface area contributed by atoms with Crippen molar-refractivity contribution in [1.82, 2.24) is 10.1 Å². The monoisotopic (exact) mass is 236 g/mol. The van der Waals surface area contributed by atoms with Crippen LogP contribution < -0.4 is 0 Å². The quantitative estimate of drug-likeness (QED) is 0.765. The van der Waals surface area contributed by atoms with E-state index in [1.165, 1.54) is 7.11 Å². The van der Waals surface area contributed by atoms with E-state index in [9.17, 15) is 0 Å². The Morgan fingerprint density at radius 2 is 2.24 bits per heavy atom. The third-order valence-electron chi connectivity index (χ3n) is 2.18. The van der Waals surface area contributed by atoms with E-state index >= 15 is 0 Å². The molecule has 1 heterocycles. The van der Waals surface area contributed by atoms with Crippen molar-refractivity contribution in [2.75, 3.05) is 7.11 Å². The van der Waals surface area contributed by atoms with Gasteiger partial charge in [-0.25, -0.2) is 0 Å². The minimum absolute atomic E-state index is 0.245. The summed E-state index contributed by atoms with van der Waals surface area (Å²) in [4.78, 5) is 4.10. The summed E-state index contributed by atoms with van der Waals surface area (Å²) in [6.07, 6.45) is -1.51. The predicted octanol–water partition coefficient (Wildman–Crippen LogP) is 0.866. The SMILES string of the molecule is COCc1nc(-c2cccc(C(O)O)c2)no1. The molecule has 17 heavy (non-hydrogen) atoms. The number of rotatable bonds is 4. The van der Waals surface area contributed by atoms with Gasteiger partial charge in [-0.15, -0.1) is 0 Å². The van der Waals surface area contributed by atoms with E-state index in [2.05, 4.69) is 10.1 Å². The largest absolute Gasteiger partial charge is 0.375 e. The lowest BCUT2D eigenvalue weighted by Gasteiger charge is -2.03. The highest BCUT2D eigenvalue weighted by atomic mass is 16.5. The highest BCUT2D eigenvalue weighted by Gasteiger charge is 2.10. The van der Waals surface area contributed by atoms with Crippen molar-refractivity contribution in [3.8, 4) is 11.4 Å². The molecule has 0 unspecified atom stereocenters. The average Bonchev–Trinajstić information content (AvgIpc) is 2.78. The maximum Gasteiger partial charge on any atom is 0.252 e. The van der Waals surface area contributed by atoms with Gasteiger partial charge < -0.3 is 19.5 Å². The summed E-state index contributed by atoms with van der Waals surface area (Å²) in [5.74, 6) is 0.761. The first kappa shape index (κ1) is 11.7. The molecule has 6 nitrogen and oxygen atoms in total. The number of hydrogen-bond donors (Lipinski definition) is 2. The van der Waals surface area contributed by atoms with Crippen LogP contribution in [0.25, 0.3) is 11.4 Å². The molecule has 0 fully saturated rings. The van der Waals surface area contributed by atoms with Crippen molar-refractivity contribution in [3.05, 3.63) is 35.7 Å². The summed E-state index contributed by atoms with van der Waals surface area (Å²) in [6, 6.07) is 6.64. The highest BCUT2D eigenvalue weighted by Crippen LogP contribution is 2.20. The van der Waals surface area contributed by atoms with Crippen LogP contribution in [0.3, 0.4) is 0 Å². The lowest BCUT2D eigenvalue weighted by atomic mass is 10.1. The van der Waals surface area contributed by atoms with Gasteiger partial charge in [-0.05, 0) is 6.07 Å². The van der Waals surface area contributed by atoms with Crippen molar-refractivity contribution in [1.29, 1.82) is 0 Å². The van der Waals surface area contributed by atoms with Gasteiger partial charge in [0.15, 0.2) is 6.29 Å². The first-order chi connectivity index (χ1) is 8.20. The summed E-state index contributed by atoms with van der Waals surface area (Å²) in [6.45, 7) is 0.245. The van der Waals surface area contributed by atoms with Gasteiger partial charge in [0.2, 0.25) is 5.82 Å². The van der Waals surface area contributed by atoms with Crippen LogP contribution in [0.5, 0.6) is 0 Å². The summed E-state index contributed by atoms with van der Waals surface area (Å²) in [5.41, 5.74) is 1.03. The molecule has 0 aliphatic rings. The van der Waals surface area contributed by atoms with Gasteiger partial charge in [0.1, 0.15) is 6.61 Å². The molecule has 2 aromatic rings. The minimum Gasteiger partial charge on any atom is -0.375 e. The number of aromatic nitrogens is 2. The summed E-state index contributed by atoms with van der Waals surface area (Å²) < 4.78 is 9.81. The van der Waals surface area contributed by atoms with Crippen LogP contribution in [0.1, 0.15) is 17.7 Å².